The van der Waals surface area contributed by atoms with E-state index in [0.717, 1.165) is 0 Å². The Balaban J connectivity index is 3.34. The minimum Gasteiger partial charge on any atom is -0.457 e. The summed E-state index contributed by atoms with van der Waals surface area (Å²) in [7, 11) is -7.94. The third-order valence-electron chi connectivity index (χ3n) is 4.82. The van der Waals surface area contributed by atoms with Crippen molar-refractivity contribution in [3.8, 4) is 0 Å². The fraction of sp³-hybridized carbons (Fsp3) is 0.824. The molecule has 0 saturated carbocycles. The van der Waals surface area contributed by atoms with Crippen LogP contribution in [0.5, 0.6) is 0 Å². The molecule has 11 heteroatoms. The fourth-order valence-corrected chi connectivity index (χ4v) is 4.31. The first-order chi connectivity index (χ1) is 12.2. The van der Waals surface area contributed by atoms with Gasteiger partial charge in [-0.2, -0.15) is 13.2 Å². The Labute approximate surface area is 165 Å². The van der Waals surface area contributed by atoms with E-state index in [1.54, 1.807) is 20.8 Å². The van der Waals surface area contributed by atoms with E-state index >= 15 is 0 Å². The molecule has 0 fully saturated rings. The summed E-state index contributed by atoms with van der Waals surface area (Å²) >= 11 is 0. The zero-order valence-corrected chi connectivity index (χ0v) is 19.4. The third-order valence-corrected chi connectivity index (χ3v) is 10.9. The van der Waals surface area contributed by atoms with Gasteiger partial charge in [0.2, 0.25) is 0 Å². The van der Waals surface area contributed by atoms with Crippen molar-refractivity contribution in [3.05, 3.63) is 10.5 Å². The van der Waals surface area contributed by atoms with Crippen LogP contribution in [0.15, 0.2) is 10.5 Å². The maximum absolute atomic E-state index is 13.1. The molecule has 1 N–H and O–H groups in total. The molecule has 1 atom stereocenters. The van der Waals surface area contributed by atoms with Gasteiger partial charge in [-0.05, 0) is 38.9 Å². The zero-order chi connectivity index (χ0) is 22.3. The molecule has 0 aromatic heterocycles. The van der Waals surface area contributed by atoms with Crippen molar-refractivity contribution in [2.75, 3.05) is 13.2 Å². The van der Waals surface area contributed by atoms with Crippen LogP contribution in [0.2, 0.25) is 18.1 Å². The summed E-state index contributed by atoms with van der Waals surface area (Å²) in [6, 6.07) is -1.00. The largest absolute Gasteiger partial charge is 0.501 e. The van der Waals surface area contributed by atoms with Gasteiger partial charge in [0, 0.05) is 6.54 Å². The smallest absolute Gasteiger partial charge is 0.457 e. The van der Waals surface area contributed by atoms with Gasteiger partial charge in [0.15, 0.2) is 8.32 Å². The summed E-state index contributed by atoms with van der Waals surface area (Å²) < 4.78 is 74.4. The second-order valence-electron chi connectivity index (χ2n) is 9.29. The molecule has 28 heavy (non-hydrogen) atoms. The second kappa shape index (κ2) is 7.73. The van der Waals surface area contributed by atoms with Crippen LogP contribution in [-0.2, 0) is 23.8 Å². The first-order valence-corrected chi connectivity index (χ1v) is 13.2. The Morgan fingerprint density at radius 3 is 2.04 bits per heavy atom. The first kappa shape index (κ1) is 25.1. The van der Waals surface area contributed by atoms with Gasteiger partial charge in [0.25, 0.3) is 9.84 Å². The van der Waals surface area contributed by atoms with Crippen LogP contribution in [0.25, 0.3) is 0 Å². The van der Waals surface area contributed by atoms with Crippen molar-refractivity contribution >= 4 is 24.1 Å². The molecule has 164 valence electrons. The lowest BCUT2D eigenvalue weighted by molar-refractivity contribution is -0.150. The molecule has 0 unspecified atom stereocenters. The molecule has 0 aromatic rings. The Kier molecular flexibility index (Phi) is 6.94. The average molecular weight is 446 g/mol. The van der Waals surface area contributed by atoms with E-state index in [0.29, 0.717) is 0 Å². The van der Waals surface area contributed by atoms with Crippen LogP contribution >= 0.6 is 0 Å². The number of esters is 1. The van der Waals surface area contributed by atoms with Gasteiger partial charge in [-0.25, -0.2) is 13.2 Å². The number of rotatable bonds is 5. The Hall–Kier alpha value is -0.913. The Morgan fingerprint density at radius 1 is 1.14 bits per heavy atom. The summed E-state index contributed by atoms with van der Waals surface area (Å²) in [5.74, 6) is -1.09. The molecule has 1 heterocycles. The van der Waals surface area contributed by atoms with Crippen LogP contribution in [0.4, 0.5) is 13.2 Å². The highest BCUT2D eigenvalue weighted by Crippen LogP contribution is 2.38. The van der Waals surface area contributed by atoms with Gasteiger partial charge in [0.1, 0.15) is 5.60 Å². The van der Waals surface area contributed by atoms with Crippen LogP contribution in [-0.4, -0.2) is 53.0 Å². The summed E-state index contributed by atoms with van der Waals surface area (Å²) in [6.45, 7) is 13.8. The van der Waals surface area contributed by atoms with Crippen LogP contribution in [0.1, 0.15) is 41.5 Å². The fourth-order valence-electron chi connectivity index (χ4n) is 2.23. The normalized spacial score (nSPS) is 19.9. The topological polar surface area (TPSA) is 81.7 Å². The van der Waals surface area contributed by atoms with E-state index in [2.05, 4.69) is 5.32 Å². The lowest BCUT2D eigenvalue weighted by Crippen LogP contribution is -2.45. The van der Waals surface area contributed by atoms with E-state index in [-0.39, 0.29) is 11.6 Å². The van der Waals surface area contributed by atoms with E-state index in [1.165, 1.54) is 0 Å². The predicted molar refractivity (Wildman–Crippen MR) is 103 cm³/mol. The molecule has 0 aliphatic carbocycles. The van der Waals surface area contributed by atoms with Crippen molar-refractivity contribution in [2.45, 2.75) is 76.8 Å². The van der Waals surface area contributed by atoms with Gasteiger partial charge in [-0.15, -0.1) is 0 Å². The maximum atomic E-state index is 13.1. The molecular formula is C17H30F3NO5SSi. The lowest BCUT2D eigenvalue weighted by atomic mass is 10.1. The molecule has 0 radical (unpaired) electrons. The van der Waals surface area contributed by atoms with Crippen molar-refractivity contribution < 1.29 is 35.5 Å². The third kappa shape index (κ3) is 5.58. The standard InChI is InChI=1S/C17H30F3NO5SSi/c1-15(2,3)26-14(22)13-11(10-25-28(7,8)16(4,5)6)21-9-12(13)27(23,24)17(18,19)20/h11,21H,9-10H2,1-8H3/t11-/m1/s1. The summed E-state index contributed by atoms with van der Waals surface area (Å²) in [4.78, 5) is 11.6. The SMILES string of the molecule is CC(C)(C)OC(=O)C1=C(S(=O)(=O)C(F)(F)F)CN[C@@H]1CO[Si](C)(C)C(C)(C)C. The van der Waals surface area contributed by atoms with E-state index in [9.17, 15) is 26.4 Å². The highest BCUT2D eigenvalue weighted by Gasteiger charge is 2.52. The number of alkyl halides is 3. The molecule has 1 aliphatic rings. The molecule has 0 saturated heterocycles. The monoisotopic (exact) mass is 445 g/mol. The minimum atomic E-state index is -5.67. The average Bonchev–Trinajstić information content (AvgIpc) is 2.85. The number of carbonyl (C=O) groups is 1. The van der Waals surface area contributed by atoms with Crippen molar-refractivity contribution in [1.29, 1.82) is 0 Å². The summed E-state index contributed by atoms with van der Waals surface area (Å²) in [5.41, 5.74) is -7.04. The minimum absolute atomic E-state index is 0.123. The number of halogens is 3. The quantitative estimate of drug-likeness (QED) is 0.515. The van der Waals surface area contributed by atoms with Crippen LogP contribution < -0.4 is 5.32 Å². The predicted octanol–water partition coefficient (Wildman–Crippen LogP) is 3.51. The van der Waals surface area contributed by atoms with E-state index in [4.69, 9.17) is 9.16 Å². The summed E-state index contributed by atoms with van der Waals surface area (Å²) in [5, 5.41) is 2.50. The van der Waals surface area contributed by atoms with Gasteiger partial charge >= 0.3 is 11.5 Å². The molecule has 0 bridgehead atoms. The van der Waals surface area contributed by atoms with Gasteiger partial charge < -0.3 is 14.5 Å². The number of ether oxygens (including phenoxy) is 1. The van der Waals surface area contributed by atoms with Crippen LogP contribution in [0, 0.1) is 0 Å². The number of sulfone groups is 1. The molecule has 0 spiro atoms. The van der Waals surface area contributed by atoms with Crippen molar-refractivity contribution in [1.82, 2.24) is 5.32 Å². The van der Waals surface area contributed by atoms with Gasteiger partial charge in [-0.1, -0.05) is 20.8 Å². The molecule has 6 nitrogen and oxygen atoms in total. The highest BCUT2D eigenvalue weighted by molar-refractivity contribution is 7.96. The molecule has 1 aliphatic heterocycles. The Bertz CT molecular complexity index is 746. The summed E-state index contributed by atoms with van der Waals surface area (Å²) in [6.07, 6.45) is 0. The molecule has 1 rings (SSSR count). The molecule has 0 aromatic carbocycles. The van der Waals surface area contributed by atoms with Crippen molar-refractivity contribution in [3.63, 3.8) is 0 Å². The van der Waals surface area contributed by atoms with Crippen LogP contribution in [0.3, 0.4) is 0 Å². The lowest BCUT2D eigenvalue weighted by Gasteiger charge is -2.37. The number of hydrogen-bond acceptors (Lipinski definition) is 6. The maximum Gasteiger partial charge on any atom is 0.501 e. The number of carbonyl (C=O) groups excluding carboxylic acids is 1. The zero-order valence-electron chi connectivity index (χ0n) is 17.6. The molecular weight excluding hydrogens is 415 g/mol. The number of nitrogens with one attached hydrogen (secondary N) is 1. The highest BCUT2D eigenvalue weighted by atomic mass is 32.2. The van der Waals surface area contributed by atoms with E-state index in [1.807, 2.05) is 33.9 Å². The van der Waals surface area contributed by atoms with Gasteiger partial charge in [-0.3, -0.25) is 0 Å². The first-order valence-electron chi connectivity index (χ1n) is 8.86. The van der Waals surface area contributed by atoms with Gasteiger partial charge in [0.05, 0.1) is 23.1 Å². The Morgan fingerprint density at radius 2 is 1.64 bits per heavy atom. The number of hydrogen-bond donors (Lipinski definition) is 1. The molecule has 0 amide bonds. The second-order valence-corrected chi connectivity index (χ2v) is 16.1. The van der Waals surface area contributed by atoms with E-state index < -0.39 is 58.3 Å². The van der Waals surface area contributed by atoms with Crippen molar-refractivity contribution in [2.24, 2.45) is 0 Å².